The van der Waals surface area contributed by atoms with Gasteiger partial charge in [-0.2, -0.15) is 0 Å². The Kier molecular flexibility index (Phi) is 6.54. The summed E-state index contributed by atoms with van der Waals surface area (Å²) >= 11 is 0. The van der Waals surface area contributed by atoms with E-state index in [1.807, 2.05) is 42.5 Å². The molecule has 0 saturated carbocycles. The number of methoxy groups -OCH3 is 2. The minimum Gasteiger partial charge on any atom is -0.493 e. The molecule has 5 nitrogen and oxygen atoms in total. The molecule has 0 N–H and O–H groups in total. The van der Waals surface area contributed by atoms with Gasteiger partial charge in [0.2, 0.25) is 0 Å². The summed E-state index contributed by atoms with van der Waals surface area (Å²) in [6, 6.07) is 29.0. The molecule has 1 atom stereocenters. The van der Waals surface area contributed by atoms with Gasteiger partial charge < -0.3 is 18.8 Å². The molecule has 1 aromatic heterocycles. The predicted molar refractivity (Wildman–Crippen MR) is 134 cm³/mol. The SMILES string of the molecule is COc1ccc(C2c3cccn3CCCN2Cc2cccc(Oc3ccccc3)c2)cc1OC. The van der Waals surface area contributed by atoms with Gasteiger partial charge in [0.1, 0.15) is 11.5 Å². The van der Waals surface area contributed by atoms with E-state index in [9.17, 15) is 0 Å². The largest absolute Gasteiger partial charge is 0.493 e. The van der Waals surface area contributed by atoms with E-state index in [1.165, 1.54) is 16.8 Å². The van der Waals surface area contributed by atoms with Crippen molar-refractivity contribution in [1.82, 2.24) is 9.47 Å². The Bertz CT molecular complexity index is 1240. The van der Waals surface area contributed by atoms with E-state index in [0.29, 0.717) is 0 Å². The second kappa shape index (κ2) is 10.1. The third kappa shape index (κ3) is 4.66. The highest BCUT2D eigenvalue weighted by atomic mass is 16.5. The maximum absolute atomic E-state index is 6.09. The summed E-state index contributed by atoms with van der Waals surface area (Å²) in [5.41, 5.74) is 3.71. The fraction of sp³-hybridized carbons (Fsp3) is 0.241. The number of benzene rings is 3. The summed E-state index contributed by atoms with van der Waals surface area (Å²) < 4.78 is 19.6. The Morgan fingerprint density at radius 2 is 1.59 bits per heavy atom. The molecule has 0 amide bonds. The molecular weight excluding hydrogens is 424 g/mol. The molecule has 2 heterocycles. The van der Waals surface area contributed by atoms with Crippen molar-refractivity contribution < 1.29 is 14.2 Å². The number of fused-ring (bicyclic) bond motifs is 1. The molecule has 174 valence electrons. The Hall–Kier alpha value is -3.70. The Balaban J connectivity index is 1.47. The van der Waals surface area contributed by atoms with Crippen molar-refractivity contribution in [1.29, 1.82) is 0 Å². The van der Waals surface area contributed by atoms with Crippen molar-refractivity contribution in [2.24, 2.45) is 0 Å². The van der Waals surface area contributed by atoms with E-state index in [1.54, 1.807) is 14.2 Å². The fourth-order valence-corrected chi connectivity index (χ4v) is 4.78. The number of hydrogen-bond acceptors (Lipinski definition) is 4. The first kappa shape index (κ1) is 22.1. The van der Waals surface area contributed by atoms with Crippen molar-refractivity contribution in [2.75, 3.05) is 20.8 Å². The highest BCUT2D eigenvalue weighted by Crippen LogP contribution is 2.37. The molecule has 1 aliphatic rings. The van der Waals surface area contributed by atoms with Gasteiger partial charge >= 0.3 is 0 Å². The van der Waals surface area contributed by atoms with Crippen LogP contribution in [0.15, 0.2) is 91.1 Å². The van der Waals surface area contributed by atoms with Crippen molar-refractivity contribution in [3.8, 4) is 23.0 Å². The summed E-state index contributed by atoms with van der Waals surface area (Å²) in [5.74, 6) is 3.19. The third-order valence-electron chi connectivity index (χ3n) is 6.34. The van der Waals surface area contributed by atoms with Crippen molar-refractivity contribution in [3.05, 3.63) is 108 Å². The number of rotatable bonds is 7. The van der Waals surface area contributed by atoms with Crippen LogP contribution in [0.2, 0.25) is 0 Å². The van der Waals surface area contributed by atoms with E-state index in [2.05, 4.69) is 58.1 Å². The predicted octanol–water partition coefficient (Wildman–Crippen LogP) is 6.29. The van der Waals surface area contributed by atoms with E-state index in [0.717, 1.165) is 49.1 Å². The Morgan fingerprint density at radius 1 is 0.765 bits per heavy atom. The first-order valence-electron chi connectivity index (χ1n) is 11.7. The third-order valence-corrected chi connectivity index (χ3v) is 6.34. The normalized spacial score (nSPS) is 15.9. The molecule has 0 radical (unpaired) electrons. The zero-order chi connectivity index (χ0) is 23.3. The second-order valence-electron chi connectivity index (χ2n) is 8.53. The van der Waals surface area contributed by atoms with Crippen molar-refractivity contribution in [2.45, 2.75) is 25.6 Å². The topological polar surface area (TPSA) is 35.9 Å². The molecule has 1 unspecified atom stereocenters. The van der Waals surface area contributed by atoms with Gasteiger partial charge in [0.15, 0.2) is 11.5 Å². The molecule has 1 aliphatic heterocycles. The smallest absolute Gasteiger partial charge is 0.161 e. The van der Waals surface area contributed by atoms with Crippen LogP contribution in [0.5, 0.6) is 23.0 Å². The van der Waals surface area contributed by atoms with Gasteiger partial charge in [-0.3, -0.25) is 4.90 Å². The Morgan fingerprint density at radius 3 is 2.41 bits per heavy atom. The van der Waals surface area contributed by atoms with Crippen LogP contribution in [0.25, 0.3) is 0 Å². The van der Waals surface area contributed by atoms with E-state index >= 15 is 0 Å². The van der Waals surface area contributed by atoms with Crippen LogP contribution in [0.4, 0.5) is 0 Å². The monoisotopic (exact) mass is 454 g/mol. The summed E-state index contributed by atoms with van der Waals surface area (Å²) in [7, 11) is 3.36. The molecule has 0 fully saturated rings. The van der Waals surface area contributed by atoms with Gasteiger partial charge in [-0.1, -0.05) is 36.4 Å². The molecule has 0 spiro atoms. The number of para-hydroxylation sites is 1. The molecule has 4 aromatic rings. The molecule has 0 aliphatic carbocycles. The number of nitrogens with zero attached hydrogens (tertiary/aromatic N) is 2. The van der Waals surface area contributed by atoms with Gasteiger partial charge in [0.05, 0.1) is 20.3 Å². The zero-order valence-electron chi connectivity index (χ0n) is 19.7. The minimum absolute atomic E-state index is 0.107. The second-order valence-corrected chi connectivity index (χ2v) is 8.53. The number of ether oxygens (including phenoxy) is 3. The van der Waals surface area contributed by atoms with E-state index < -0.39 is 0 Å². The zero-order valence-corrected chi connectivity index (χ0v) is 19.7. The maximum Gasteiger partial charge on any atom is 0.161 e. The average molecular weight is 455 g/mol. The minimum atomic E-state index is 0.107. The first-order chi connectivity index (χ1) is 16.7. The molecule has 0 saturated heterocycles. The summed E-state index contributed by atoms with van der Waals surface area (Å²) in [6.07, 6.45) is 3.27. The van der Waals surface area contributed by atoms with Gasteiger partial charge in [-0.15, -0.1) is 0 Å². The van der Waals surface area contributed by atoms with Gasteiger partial charge in [0, 0.05) is 31.5 Å². The summed E-state index contributed by atoms with van der Waals surface area (Å²) in [4.78, 5) is 2.54. The first-order valence-corrected chi connectivity index (χ1v) is 11.7. The molecular formula is C29H30N2O3. The summed E-state index contributed by atoms with van der Waals surface area (Å²) in [6.45, 7) is 2.82. The maximum atomic E-state index is 6.09. The lowest BCUT2D eigenvalue weighted by Crippen LogP contribution is -2.29. The molecule has 0 bridgehead atoms. The molecule has 3 aromatic carbocycles. The van der Waals surface area contributed by atoms with E-state index in [-0.39, 0.29) is 6.04 Å². The van der Waals surface area contributed by atoms with Crippen LogP contribution in [0.3, 0.4) is 0 Å². The van der Waals surface area contributed by atoms with Crippen LogP contribution in [-0.4, -0.2) is 30.2 Å². The van der Waals surface area contributed by atoms with Crippen LogP contribution in [-0.2, 0) is 13.1 Å². The molecule has 5 rings (SSSR count). The number of aryl methyl sites for hydroxylation is 1. The lowest BCUT2D eigenvalue weighted by Gasteiger charge is -2.31. The van der Waals surface area contributed by atoms with Crippen molar-refractivity contribution in [3.63, 3.8) is 0 Å². The standard InChI is InChI=1S/C29H30N2O3/c1-32-27-15-14-23(20-28(27)33-2)29-26-13-7-16-30(26)17-8-18-31(29)21-22-9-6-12-25(19-22)34-24-10-4-3-5-11-24/h3-7,9-16,19-20,29H,8,17-18,21H2,1-2H3. The van der Waals surface area contributed by atoms with Crippen molar-refractivity contribution >= 4 is 0 Å². The van der Waals surface area contributed by atoms with Gasteiger partial charge in [-0.05, 0) is 66.1 Å². The quantitative estimate of drug-likeness (QED) is 0.329. The van der Waals surface area contributed by atoms with Gasteiger partial charge in [-0.25, -0.2) is 0 Å². The van der Waals surface area contributed by atoms with Crippen LogP contribution >= 0.6 is 0 Å². The van der Waals surface area contributed by atoms with Crippen LogP contribution < -0.4 is 14.2 Å². The summed E-state index contributed by atoms with van der Waals surface area (Å²) in [5, 5.41) is 0. The van der Waals surface area contributed by atoms with Crippen LogP contribution in [0, 0.1) is 0 Å². The molecule has 34 heavy (non-hydrogen) atoms. The highest BCUT2D eigenvalue weighted by Gasteiger charge is 2.28. The fourth-order valence-electron chi connectivity index (χ4n) is 4.78. The highest BCUT2D eigenvalue weighted by molar-refractivity contribution is 5.45. The Labute approximate surface area is 201 Å². The number of aromatic nitrogens is 1. The lowest BCUT2D eigenvalue weighted by molar-refractivity contribution is 0.219. The van der Waals surface area contributed by atoms with Crippen LogP contribution in [0.1, 0.15) is 29.3 Å². The average Bonchev–Trinajstić information content (AvgIpc) is 3.26. The number of hydrogen-bond donors (Lipinski definition) is 0. The van der Waals surface area contributed by atoms with E-state index in [4.69, 9.17) is 14.2 Å². The lowest BCUT2D eigenvalue weighted by atomic mass is 10.00. The molecule has 5 heteroatoms. The van der Waals surface area contributed by atoms with Gasteiger partial charge in [0.25, 0.3) is 0 Å².